The number of carboxylic acids is 1. The van der Waals surface area contributed by atoms with Crippen LogP contribution in [0.15, 0.2) is 30.3 Å². The van der Waals surface area contributed by atoms with Crippen molar-refractivity contribution in [1.29, 1.82) is 0 Å². The Morgan fingerprint density at radius 1 is 1.33 bits per heavy atom. The third-order valence-corrected chi connectivity index (χ3v) is 4.26. The van der Waals surface area contributed by atoms with Crippen LogP contribution in [0.25, 0.3) is 0 Å². The molecule has 24 heavy (non-hydrogen) atoms. The number of halogens is 1. The van der Waals surface area contributed by atoms with Crippen molar-refractivity contribution in [3.8, 4) is 0 Å². The number of nitrogens with zero attached hydrogens (tertiary/aromatic N) is 1. The number of amides is 1. The maximum atomic E-state index is 12.5. The van der Waals surface area contributed by atoms with Crippen molar-refractivity contribution in [3.63, 3.8) is 0 Å². The number of hydrogen-bond acceptors (Lipinski definition) is 3. The summed E-state index contributed by atoms with van der Waals surface area (Å²) in [4.78, 5) is 24.5. The molecule has 1 unspecified atom stereocenters. The van der Waals surface area contributed by atoms with Gasteiger partial charge in [-0.2, -0.15) is 5.10 Å². The van der Waals surface area contributed by atoms with Gasteiger partial charge in [-0.15, -0.1) is 0 Å². The average molecular weight is 350 g/mol. The zero-order valence-corrected chi connectivity index (χ0v) is 14.5. The number of aliphatic carboxylic acids is 1. The van der Waals surface area contributed by atoms with Gasteiger partial charge in [-0.25, -0.2) is 4.79 Å². The number of rotatable bonds is 6. The van der Waals surface area contributed by atoms with Gasteiger partial charge in [0, 0.05) is 10.7 Å². The minimum atomic E-state index is -1.54. The van der Waals surface area contributed by atoms with Gasteiger partial charge in [-0.05, 0) is 36.1 Å². The van der Waals surface area contributed by atoms with Crippen LogP contribution >= 0.6 is 11.6 Å². The summed E-state index contributed by atoms with van der Waals surface area (Å²) in [6.45, 7) is 5.64. The van der Waals surface area contributed by atoms with E-state index in [4.69, 9.17) is 11.6 Å². The number of benzene rings is 1. The number of nitrogens with one attached hydrogen (secondary N) is 2. The monoisotopic (exact) mass is 349 g/mol. The predicted molar refractivity (Wildman–Crippen MR) is 91.2 cm³/mol. The molecule has 128 valence electrons. The van der Waals surface area contributed by atoms with E-state index in [1.807, 2.05) is 13.8 Å². The Kier molecular flexibility index (Phi) is 5.29. The lowest BCUT2D eigenvalue weighted by Crippen LogP contribution is -2.51. The first-order valence-electron chi connectivity index (χ1n) is 7.67. The van der Waals surface area contributed by atoms with Gasteiger partial charge in [-0.1, -0.05) is 44.5 Å². The van der Waals surface area contributed by atoms with Crippen LogP contribution in [0.1, 0.15) is 54.9 Å². The van der Waals surface area contributed by atoms with Gasteiger partial charge in [0.25, 0.3) is 5.91 Å². The molecule has 7 heteroatoms. The second-order valence-electron chi connectivity index (χ2n) is 5.89. The Morgan fingerprint density at radius 2 is 1.96 bits per heavy atom. The SMILES string of the molecule is CCC(NC(=O)c1cc(C(C)C)[nH]n1)(C(=O)O)c1ccc(Cl)cc1. The standard InChI is InChI=1S/C17H20ClN3O3/c1-4-17(16(23)24,11-5-7-12(18)8-6-11)19-15(22)14-9-13(10(2)3)20-21-14/h5-10H,4H2,1-3H3,(H,19,22)(H,20,21)(H,23,24). The Hall–Kier alpha value is -2.34. The number of aromatic amines is 1. The largest absolute Gasteiger partial charge is 0.479 e. The maximum absolute atomic E-state index is 12.5. The fourth-order valence-electron chi connectivity index (χ4n) is 2.43. The van der Waals surface area contributed by atoms with Gasteiger partial charge in [0.1, 0.15) is 5.69 Å². The molecule has 0 fully saturated rings. The van der Waals surface area contributed by atoms with Gasteiger partial charge in [-0.3, -0.25) is 9.89 Å². The topological polar surface area (TPSA) is 95.1 Å². The lowest BCUT2D eigenvalue weighted by molar-refractivity contribution is -0.145. The molecule has 6 nitrogen and oxygen atoms in total. The number of hydrogen-bond donors (Lipinski definition) is 3. The summed E-state index contributed by atoms with van der Waals surface area (Å²) in [5.41, 5.74) is -0.121. The van der Waals surface area contributed by atoms with Crippen molar-refractivity contribution in [1.82, 2.24) is 15.5 Å². The Bertz CT molecular complexity index is 740. The molecule has 0 saturated heterocycles. The first kappa shape index (κ1) is 18.0. The summed E-state index contributed by atoms with van der Waals surface area (Å²) < 4.78 is 0. The summed E-state index contributed by atoms with van der Waals surface area (Å²) in [6.07, 6.45) is 0.178. The van der Waals surface area contributed by atoms with Crippen molar-refractivity contribution < 1.29 is 14.7 Å². The Morgan fingerprint density at radius 3 is 2.42 bits per heavy atom. The summed E-state index contributed by atoms with van der Waals surface area (Å²) >= 11 is 5.87. The highest BCUT2D eigenvalue weighted by Crippen LogP contribution is 2.27. The Labute approximate surface area is 145 Å². The average Bonchev–Trinajstić information content (AvgIpc) is 3.03. The van der Waals surface area contributed by atoms with E-state index in [-0.39, 0.29) is 18.0 Å². The lowest BCUT2D eigenvalue weighted by atomic mass is 9.87. The van der Waals surface area contributed by atoms with Crippen molar-refractivity contribution in [3.05, 3.63) is 52.3 Å². The summed E-state index contributed by atoms with van der Waals surface area (Å²) in [6, 6.07) is 8.03. The predicted octanol–water partition coefficient (Wildman–Crippen LogP) is 3.31. The molecule has 0 spiro atoms. The zero-order chi connectivity index (χ0) is 17.9. The first-order valence-corrected chi connectivity index (χ1v) is 8.05. The quantitative estimate of drug-likeness (QED) is 0.745. The number of carboxylic acid groups (broad SMARTS) is 1. The second-order valence-corrected chi connectivity index (χ2v) is 6.32. The Balaban J connectivity index is 2.36. The van der Waals surface area contributed by atoms with Crippen molar-refractivity contribution in [2.75, 3.05) is 0 Å². The molecule has 2 aromatic rings. The van der Waals surface area contributed by atoms with Crippen LogP contribution in [0, 0.1) is 0 Å². The number of H-pyrrole nitrogens is 1. The zero-order valence-electron chi connectivity index (χ0n) is 13.8. The van der Waals surface area contributed by atoms with E-state index in [0.29, 0.717) is 10.6 Å². The summed E-state index contributed by atoms with van der Waals surface area (Å²) in [5, 5.41) is 19.6. The molecule has 0 saturated carbocycles. The maximum Gasteiger partial charge on any atom is 0.334 e. The van der Waals surface area contributed by atoms with Gasteiger partial charge in [0.05, 0.1) is 0 Å². The van der Waals surface area contributed by atoms with Gasteiger partial charge < -0.3 is 10.4 Å². The molecule has 1 aromatic carbocycles. The highest BCUT2D eigenvalue weighted by molar-refractivity contribution is 6.30. The van der Waals surface area contributed by atoms with Crippen LogP contribution in [0.3, 0.4) is 0 Å². The van der Waals surface area contributed by atoms with Crippen molar-refractivity contribution >= 4 is 23.5 Å². The molecule has 3 N–H and O–H groups in total. The van der Waals surface area contributed by atoms with E-state index >= 15 is 0 Å². The number of aromatic nitrogens is 2. The van der Waals surface area contributed by atoms with Gasteiger partial charge >= 0.3 is 5.97 Å². The van der Waals surface area contributed by atoms with Crippen LogP contribution in [0.2, 0.25) is 5.02 Å². The fourth-order valence-corrected chi connectivity index (χ4v) is 2.56. The molecule has 1 heterocycles. The third kappa shape index (κ3) is 3.43. The van der Waals surface area contributed by atoms with Crippen molar-refractivity contribution in [2.45, 2.75) is 38.6 Å². The molecular formula is C17H20ClN3O3. The molecule has 0 aliphatic heterocycles. The van der Waals surface area contributed by atoms with Crippen molar-refractivity contribution in [2.24, 2.45) is 0 Å². The van der Waals surface area contributed by atoms with Crippen LogP contribution < -0.4 is 5.32 Å². The fraction of sp³-hybridized carbons (Fsp3) is 0.353. The molecule has 1 atom stereocenters. The van der Waals surface area contributed by atoms with E-state index in [0.717, 1.165) is 5.69 Å². The van der Waals surface area contributed by atoms with Crippen LogP contribution in [0.4, 0.5) is 0 Å². The first-order chi connectivity index (χ1) is 11.3. The molecule has 0 bridgehead atoms. The smallest absolute Gasteiger partial charge is 0.334 e. The third-order valence-electron chi connectivity index (χ3n) is 4.01. The molecule has 0 aliphatic rings. The second kappa shape index (κ2) is 7.05. The lowest BCUT2D eigenvalue weighted by Gasteiger charge is -2.29. The summed E-state index contributed by atoms with van der Waals surface area (Å²) in [7, 11) is 0. The van der Waals surface area contributed by atoms with Gasteiger partial charge in [0.2, 0.25) is 0 Å². The number of carbonyl (C=O) groups is 2. The highest BCUT2D eigenvalue weighted by atomic mass is 35.5. The van der Waals surface area contributed by atoms with E-state index in [1.165, 1.54) is 0 Å². The highest BCUT2D eigenvalue weighted by Gasteiger charge is 2.40. The molecular weight excluding hydrogens is 330 g/mol. The van der Waals surface area contributed by atoms with E-state index in [1.54, 1.807) is 37.3 Å². The molecule has 0 radical (unpaired) electrons. The van der Waals surface area contributed by atoms with Crippen LogP contribution in [-0.2, 0) is 10.3 Å². The van der Waals surface area contributed by atoms with E-state index in [9.17, 15) is 14.7 Å². The van der Waals surface area contributed by atoms with E-state index in [2.05, 4.69) is 15.5 Å². The summed E-state index contributed by atoms with van der Waals surface area (Å²) in [5.74, 6) is -1.50. The molecule has 2 rings (SSSR count). The van der Waals surface area contributed by atoms with Crippen LogP contribution in [-0.4, -0.2) is 27.2 Å². The minimum Gasteiger partial charge on any atom is -0.479 e. The van der Waals surface area contributed by atoms with Gasteiger partial charge in [0.15, 0.2) is 5.54 Å². The molecule has 0 aliphatic carbocycles. The number of carbonyl (C=O) groups excluding carboxylic acids is 1. The molecule has 1 aromatic heterocycles. The van der Waals surface area contributed by atoms with Crippen LogP contribution in [0.5, 0.6) is 0 Å². The molecule has 1 amide bonds. The normalized spacial score (nSPS) is 13.5. The van der Waals surface area contributed by atoms with E-state index < -0.39 is 17.4 Å². The minimum absolute atomic E-state index is 0.159.